The molecule has 1 aromatic rings. The third-order valence-corrected chi connectivity index (χ3v) is 2.37. The van der Waals surface area contributed by atoms with Crippen molar-refractivity contribution in [1.82, 2.24) is 0 Å². The molecule has 0 amide bonds. The van der Waals surface area contributed by atoms with E-state index in [1.54, 1.807) is 31.2 Å². The van der Waals surface area contributed by atoms with E-state index < -0.39 is 12.0 Å². The van der Waals surface area contributed by atoms with Crippen molar-refractivity contribution in [2.45, 2.75) is 25.8 Å². The molecule has 0 aromatic heterocycles. The number of ketones is 1. The summed E-state index contributed by atoms with van der Waals surface area (Å²) in [4.78, 5) is 21.9. The van der Waals surface area contributed by atoms with E-state index in [1.807, 2.05) is 0 Å². The molecule has 0 aliphatic carbocycles. The van der Waals surface area contributed by atoms with E-state index in [0.29, 0.717) is 12.0 Å². The Morgan fingerprint density at radius 1 is 1.31 bits per heavy atom. The fourth-order valence-corrected chi connectivity index (χ4v) is 1.37. The molecule has 0 saturated carbocycles. The Balaban J connectivity index is 2.72. The Morgan fingerprint density at radius 2 is 1.88 bits per heavy atom. The first-order valence-corrected chi connectivity index (χ1v) is 5.15. The highest BCUT2D eigenvalue weighted by Crippen LogP contribution is 2.08. The predicted octanol–water partition coefficient (Wildman–Crippen LogP) is 1.23. The highest BCUT2D eigenvalue weighted by Gasteiger charge is 2.12. The number of benzene rings is 1. The van der Waals surface area contributed by atoms with Gasteiger partial charge in [0.05, 0.1) is 0 Å². The molecule has 0 fully saturated rings. The van der Waals surface area contributed by atoms with Crippen LogP contribution in [0.1, 0.15) is 29.3 Å². The highest BCUT2D eigenvalue weighted by molar-refractivity contribution is 5.95. The summed E-state index contributed by atoms with van der Waals surface area (Å²) >= 11 is 0. The van der Waals surface area contributed by atoms with E-state index in [-0.39, 0.29) is 12.2 Å². The smallest absolute Gasteiger partial charge is 0.320 e. The second kappa shape index (κ2) is 5.42. The molecule has 1 atom stereocenters. The van der Waals surface area contributed by atoms with Crippen LogP contribution in [0.3, 0.4) is 0 Å². The second-order valence-electron chi connectivity index (χ2n) is 3.62. The lowest BCUT2D eigenvalue weighted by molar-refractivity contribution is -0.138. The van der Waals surface area contributed by atoms with Crippen LogP contribution in [0.4, 0.5) is 0 Å². The fraction of sp³-hybridized carbons (Fsp3) is 0.333. The lowest BCUT2D eigenvalue weighted by Crippen LogP contribution is -2.32. The van der Waals surface area contributed by atoms with E-state index >= 15 is 0 Å². The molecule has 4 nitrogen and oxygen atoms in total. The van der Waals surface area contributed by atoms with Gasteiger partial charge in [0.15, 0.2) is 5.78 Å². The normalized spacial score (nSPS) is 12.1. The Bertz CT molecular complexity index is 384. The van der Waals surface area contributed by atoms with Crippen molar-refractivity contribution in [3.05, 3.63) is 35.4 Å². The van der Waals surface area contributed by atoms with Gasteiger partial charge in [-0.3, -0.25) is 9.59 Å². The van der Waals surface area contributed by atoms with Gasteiger partial charge in [0, 0.05) is 12.0 Å². The fourth-order valence-electron chi connectivity index (χ4n) is 1.37. The van der Waals surface area contributed by atoms with Gasteiger partial charge < -0.3 is 10.8 Å². The number of nitrogens with two attached hydrogens (primary N) is 1. The molecule has 0 spiro atoms. The Morgan fingerprint density at radius 3 is 2.31 bits per heavy atom. The third kappa shape index (κ3) is 3.17. The van der Waals surface area contributed by atoms with Crippen LogP contribution >= 0.6 is 0 Å². The quantitative estimate of drug-likeness (QED) is 0.733. The molecule has 0 saturated heterocycles. The summed E-state index contributed by atoms with van der Waals surface area (Å²) in [6.07, 6.45) is 0.740. The number of carbonyl (C=O) groups excluding carboxylic acids is 1. The van der Waals surface area contributed by atoms with Crippen molar-refractivity contribution in [3.8, 4) is 0 Å². The van der Waals surface area contributed by atoms with Crippen molar-refractivity contribution < 1.29 is 14.7 Å². The van der Waals surface area contributed by atoms with Crippen molar-refractivity contribution >= 4 is 11.8 Å². The standard InChI is InChI=1S/C12H15NO3/c1-2-11(14)9-5-3-8(4-6-9)7-10(13)12(15)16/h3-6,10H,2,7,13H2,1H3,(H,15,16)/t10-/m0/s1. The first-order valence-electron chi connectivity index (χ1n) is 5.15. The lowest BCUT2D eigenvalue weighted by Gasteiger charge is -2.06. The third-order valence-electron chi connectivity index (χ3n) is 2.37. The van der Waals surface area contributed by atoms with Crippen LogP contribution in [0.25, 0.3) is 0 Å². The SMILES string of the molecule is CCC(=O)c1ccc(C[C@H](N)C(=O)O)cc1. The van der Waals surface area contributed by atoms with Gasteiger partial charge in [-0.1, -0.05) is 31.2 Å². The van der Waals surface area contributed by atoms with E-state index in [2.05, 4.69) is 0 Å². The first-order chi connectivity index (χ1) is 7.54. The van der Waals surface area contributed by atoms with Crippen molar-refractivity contribution in [1.29, 1.82) is 0 Å². The van der Waals surface area contributed by atoms with Crippen LogP contribution in [-0.2, 0) is 11.2 Å². The highest BCUT2D eigenvalue weighted by atomic mass is 16.4. The molecular weight excluding hydrogens is 206 g/mol. The van der Waals surface area contributed by atoms with Gasteiger partial charge in [-0.05, 0) is 12.0 Å². The van der Waals surface area contributed by atoms with Crippen LogP contribution < -0.4 is 5.73 Å². The molecule has 0 aliphatic heterocycles. The molecule has 0 heterocycles. The number of rotatable bonds is 5. The molecule has 0 unspecified atom stereocenters. The summed E-state index contributed by atoms with van der Waals surface area (Å²) in [5.74, 6) is -0.942. The molecule has 0 radical (unpaired) electrons. The number of hydrogen-bond donors (Lipinski definition) is 2. The summed E-state index contributed by atoms with van der Waals surface area (Å²) in [7, 11) is 0. The van der Waals surface area contributed by atoms with Crippen LogP contribution in [0.2, 0.25) is 0 Å². The van der Waals surface area contributed by atoms with Crippen molar-refractivity contribution in [2.75, 3.05) is 0 Å². The monoisotopic (exact) mass is 221 g/mol. The van der Waals surface area contributed by atoms with E-state index in [4.69, 9.17) is 10.8 Å². The molecule has 1 rings (SSSR count). The molecule has 4 heteroatoms. The van der Waals surface area contributed by atoms with Crippen LogP contribution in [0.15, 0.2) is 24.3 Å². The van der Waals surface area contributed by atoms with Gasteiger partial charge >= 0.3 is 5.97 Å². The lowest BCUT2D eigenvalue weighted by atomic mass is 10.0. The maximum atomic E-state index is 11.3. The van der Waals surface area contributed by atoms with E-state index in [1.165, 1.54) is 0 Å². The average Bonchev–Trinajstić information content (AvgIpc) is 2.28. The van der Waals surface area contributed by atoms with Crippen LogP contribution in [-0.4, -0.2) is 22.9 Å². The van der Waals surface area contributed by atoms with Crippen LogP contribution in [0.5, 0.6) is 0 Å². The summed E-state index contributed by atoms with van der Waals surface area (Å²) in [5, 5.41) is 8.65. The summed E-state index contributed by atoms with van der Waals surface area (Å²) in [6.45, 7) is 1.80. The number of carboxylic acids is 1. The van der Waals surface area contributed by atoms with Crippen LogP contribution in [0, 0.1) is 0 Å². The Kier molecular flexibility index (Phi) is 4.19. The summed E-state index contributed by atoms with van der Waals surface area (Å²) in [6, 6.07) is 6.00. The minimum Gasteiger partial charge on any atom is -0.480 e. The van der Waals surface area contributed by atoms with E-state index in [0.717, 1.165) is 5.56 Å². The minimum absolute atomic E-state index is 0.0779. The average molecular weight is 221 g/mol. The first kappa shape index (κ1) is 12.4. The van der Waals surface area contributed by atoms with Gasteiger partial charge in [0.25, 0.3) is 0 Å². The Labute approximate surface area is 94.1 Å². The van der Waals surface area contributed by atoms with Gasteiger partial charge in [-0.15, -0.1) is 0 Å². The molecule has 1 aromatic carbocycles. The molecule has 86 valence electrons. The number of hydrogen-bond acceptors (Lipinski definition) is 3. The number of aliphatic carboxylic acids is 1. The molecule has 16 heavy (non-hydrogen) atoms. The largest absolute Gasteiger partial charge is 0.480 e. The van der Waals surface area contributed by atoms with Gasteiger partial charge in [0.1, 0.15) is 6.04 Å². The zero-order chi connectivity index (χ0) is 12.1. The second-order valence-corrected chi connectivity index (χ2v) is 3.62. The molecular formula is C12H15NO3. The van der Waals surface area contributed by atoms with Crippen molar-refractivity contribution in [2.24, 2.45) is 5.73 Å². The number of carbonyl (C=O) groups is 2. The zero-order valence-corrected chi connectivity index (χ0v) is 9.14. The zero-order valence-electron chi connectivity index (χ0n) is 9.14. The summed E-state index contributed by atoms with van der Waals surface area (Å²) < 4.78 is 0. The predicted molar refractivity (Wildman–Crippen MR) is 60.4 cm³/mol. The number of carboxylic acid groups (broad SMARTS) is 1. The molecule has 0 aliphatic rings. The molecule has 3 N–H and O–H groups in total. The van der Waals surface area contributed by atoms with E-state index in [9.17, 15) is 9.59 Å². The molecule has 0 bridgehead atoms. The number of Topliss-reactive ketones (excluding diaryl/α,β-unsaturated/α-hetero) is 1. The maximum Gasteiger partial charge on any atom is 0.320 e. The Hall–Kier alpha value is -1.68. The van der Waals surface area contributed by atoms with Gasteiger partial charge in [-0.25, -0.2) is 0 Å². The topological polar surface area (TPSA) is 80.4 Å². The minimum atomic E-state index is -1.02. The van der Waals surface area contributed by atoms with Gasteiger partial charge in [-0.2, -0.15) is 0 Å². The maximum absolute atomic E-state index is 11.3. The van der Waals surface area contributed by atoms with Crippen molar-refractivity contribution in [3.63, 3.8) is 0 Å². The summed E-state index contributed by atoms with van der Waals surface area (Å²) in [5.41, 5.74) is 6.88. The van der Waals surface area contributed by atoms with Gasteiger partial charge in [0.2, 0.25) is 0 Å².